The van der Waals surface area contributed by atoms with Gasteiger partial charge in [-0.3, -0.25) is 0 Å². The molecular formula is C11H6F4N2S. The molecule has 0 amide bonds. The van der Waals surface area contributed by atoms with Gasteiger partial charge in [-0.1, -0.05) is 11.8 Å². The first-order chi connectivity index (χ1) is 8.47. The Morgan fingerprint density at radius 2 is 1.61 bits per heavy atom. The van der Waals surface area contributed by atoms with Gasteiger partial charge in [0.1, 0.15) is 5.03 Å². The lowest BCUT2D eigenvalue weighted by Crippen LogP contribution is -1.98. The molecule has 7 heteroatoms. The monoisotopic (exact) mass is 274 g/mol. The first kappa shape index (κ1) is 12.7. The van der Waals surface area contributed by atoms with Gasteiger partial charge in [0.25, 0.3) is 0 Å². The van der Waals surface area contributed by atoms with E-state index >= 15 is 0 Å². The van der Waals surface area contributed by atoms with Gasteiger partial charge in [0.15, 0.2) is 29.1 Å². The van der Waals surface area contributed by atoms with Crippen LogP contribution in [0.25, 0.3) is 0 Å². The lowest BCUT2D eigenvalue weighted by molar-refractivity contribution is 0.506. The van der Waals surface area contributed by atoms with E-state index in [4.69, 9.17) is 5.73 Å². The molecule has 0 atom stereocenters. The molecule has 1 heterocycles. The topological polar surface area (TPSA) is 38.9 Å². The van der Waals surface area contributed by atoms with Crippen LogP contribution in [0.5, 0.6) is 0 Å². The van der Waals surface area contributed by atoms with E-state index in [0.29, 0.717) is 6.07 Å². The molecule has 2 rings (SSSR count). The van der Waals surface area contributed by atoms with Gasteiger partial charge < -0.3 is 5.73 Å². The summed E-state index contributed by atoms with van der Waals surface area (Å²) in [6.45, 7) is 0. The number of pyridine rings is 1. The zero-order valence-electron chi connectivity index (χ0n) is 8.75. The number of halogens is 4. The average Bonchev–Trinajstić information content (AvgIpc) is 2.31. The van der Waals surface area contributed by atoms with Gasteiger partial charge in [-0.15, -0.1) is 0 Å². The molecular weight excluding hydrogens is 268 g/mol. The summed E-state index contributed by atoms with van der Waals surface area (Å²) in [6, 6.07) is 3.64. The van der Waals surface area contributed by atoms with Gasteiger partial charge in [-0.05, 0) is 18.2 Å². The van der Waals surface area contributed by atoms with E-state index in [1.807, 2.05) is 0 Å². The maximum atomic E-state index is 13.3. The third-order valence-electron chi connectivity index (χ3n) is 2.03. The molecule has 1 aromatic heterocycles. The lowest BCUT2D eigenvalue weighted by Gasteiger charge is -2.04. The van der Waals surface area contributed by atoms with Crippen LogP contribution in [-0.2, 0) is 0 Å². The van der Waals surface area contributed by atoms with Crippen molar-refractivity contribution < 1.29 is 17.6 Å². The Morgan fingerprint density at radius 3 is 2.28 bits per heavy atom. The Hall–Kier alpha value is -1.76. The van der Waals surface area contributed by atoms with Gasteiger partial charge in [0, 0.05) is 11.0 Å². The number of aromatic nitrogens is 1. The summed E-state index contributed by atoms with van der Waals surface area (Å²) in [5.74, 6) is -4.41. The molecule has 2 aromatic rings. The highest BCUT2D eigenvalue weighted by molar-refractivity contribution is 7.99. The molecule has 94 valence electrons. The second-order valence-corrected chi connectivity index (χ2v) is 4.38. The number of nitrogens with zero attached hydrogens (tertiary/aromatic N) is 1. The van der Waals surface area contributed by atoms with Gasteiger partial charge >= 0.3 is 0 Å². The molecule has 0 aliphatic carbocycles. The van der Waals surface area contributed by atoms with Crippen molar-refractivity contribution in [3.63, 3.8) is 0 Å². The van der Waals surface area contributed by atoms with Crippen molar-refractivity contribution in [1.82, 2.24) is 4.98 Å². The van der Waals surface area contributed by atoms with Crippen molar-refractivity contribution in [1.29, 1.82) is 0 Å². The van der Waals surface area contributed by atoms with E-state index in [2.05, 4.69) is 4.98 Å². The van der Waals surface area contributed by atoms with Crippen molar-refractivity contribution in [3.8, 4) is 0 Å². The molecule has 1 aromatic carbocycles. The van der Waals surface area contributed by atoms with Gasteiger partial charge in [0.2, 0.25) is 0 Å². The van der Waals surface area contributed by atoms with Crippen LogP contribution in [0.2, 0.25) is 0 Å². The van der Waals surface area contributed by atoms with E-state index in [1.165, 1.54) is 6.07 Å². The van der Waals surface area contributed by atoms with Crippen LogP contribution >= 0.6 is 11.8 Å². The minimum atomic E-state index is -1.06. The van der Waals surface area contributed by atoms with Crippen LogP contribution in [0.3, 0.4) is 0 Å². The number of hydrogen-bond acceptors (Lipinski definition) is 3. The third kappa shape index (κ3) is 2.56. The van der Waals surface area contributed by atoms with Crippen LogP contribution < -0.4 is 5.73 Å². The fourth-order valence-electron chi connectivity index (χ4n) is 1.19. The van der Waals surface area contributed by atoms with Gasteiger partial charge in [-0.25, -0.2) is 22.5 Å². The Bertz CT molecular complexity index is 604. The number of benzene rings is 1. The lowest BCUT2D eigenvalue weighted by atomic mass is 10.3. The second-order valence-electron chi connectivity index (χ2n) is 3.32. The van der Waals surface area contributed by atoms with Crippen LogP contribution in [0.4, 0.5) is 23.4 Å². The van der Waals surface area contributed by atoms with Crippen molar-refractivity contribution >= 4 is 17.6 Å². The summed E-state index contributed by atoms with van der Waals surface area (Å²) < 4.78 is 51.8. The largest absolute Gasteiger partial charge is 0.381 e. The smallest absolute Gasteiger partial charge is 0.168 e. The summed E-state index contributed by atoms with van der Waals surface area (Å²) in [4.78, 5) is 3.72. The minimum Gasteiger partial charge on any atom is -0.381 e. The summed E-state index contributed by atoms with van der Waals surface area (Å²) in [5.41, 5.74) is 5.20. The van der Waals surface area contributed by atoms with E-state index in [1.54, 1.807) is 0 Å². The van der Waals surface area contributed by atoms with Crippen molar-refractivity contribution in [2.75, 3.05) is 5.73 Å². The molecule has 0 radical (unpaired) electrons. The molecule has 0 saturated heterocycles. The predicted octanol–water partition coefficient (Wildman–Crippen LogP) is 3.37. The maximum Gasteiger partial charge on any atom is 0.168 e. The van der Waals surface area contributed by atoms with Crippen molar-refractivity contribution in [2.45, 2.75) is 9.92 Å². The number of nitrogens with two attached hydrogens (primary N) is 1. The highest BCUT2D eigenvalue weighted by Gasteiger charge is 2.12. The third-order valence-corrected chi connectivity index (χ3v) is 3.00. The molecule has 0 aliphatic rings. The number of hydrogen-bond donors (Lipinski definition) is 1. The first-order valence-corrected chi connectivity index (χ1v) is 5.53. The zero-order valence-corrected chi connectivity index (χ0v) is 9.57. The SMILES string of the molecule is Nc1nc(Sc2ccc(F)c(F)c2)c(F)cc1F. The van der Waals surface area contributed by atoms with Crippen molar-refractivity contribution in [2.24, 2.45) is 0 Å². The van der Waals surface area contributed by atoms with Gasteiger partial charge in [-0.2, -0.15) is 0 Å². The Kier molecular flexibility index (Phi) is 3.42. The molecule has 0 bridgehead atoms. The van der Waals surface area contributed by atoms with Crippen LogP contribution in [0, 0.1) is 23.3 Å². The molecule has 0 unspecified atom stereocenters. The highest BCUT2D eigenvalue weighted by Crippen LogP contribution is 2.30. The first-order valence-electron chi connectivity index (χ1n) is 4.72. The summed E-state index contributed by atoms with van der Waals surface area (Å²) in [6.07, 6.45) is 0. The number of rotatable bonds is 2. The van der Waals surface area contributed by atoms with Crippen molar-refractivity contribution in [3.05, 3.63) is 47.5 Å². The minimum absolute atomic E-state index is 0.208. The average molecular weight is 274 g/mol. The van der Waals surface area contributed by atoms with Crippen LogP contribution in [0.1, 0.15) is 0 Å². The maximum absolute atomic E-state index is 13.3. The molecule has 0 aliphatic heterocycles. The predicted molar refractivity (Wildman–Crippen MR) is 59.0 cm³/mol. The quantitative estimate of drug-likeness (QED) is 0.853. The summed E-state index contributed by atoms with van der Waals surface area (Å²) in [7, 11) is 0. The summed E-state index contributed by atoms with van der Waals surface area (Å²) >= 11 is 0.721. The van der Waals surface area contributed by atoms with E-state index < -0.39 is 29.1 Å². The van der Waals surface area contributed by atoms with E-state index in [9.17, 15) is 17.6 Å². The molecule has 0 saturated carbocycles. The van der Waals surface area contributed by atoms with Crippen LogP contribution in [0.15, 0.2) is 34.2 Å². The molecule has 18 heavy (non-hydrogen) atoms. The Balaban J connectivity index is 2.34. The van der Waals surface area contributed by atoms with E-state index in [0.717, 1.165) is 23.9 Å². The zero-order chi connectivity index (χ0) is 13.3. The number of nitrogen functional groups attached to an aromatic ring is 1. The fraction of sp³-hybridized carbons (Fsp3) is 0. The number of anilines is 1. The molecule has 2 N–H and O–H groups in total. The molecule has 0 spiro atoms. The van der Waals surface area contributed by atoms with E-state index in [-0.39, 0.29) is 9.92 Å². The standard InChI is InChI=1S/C11H6F4N2S/c12-6-2-1-5(3-7(6)13)18-11-9(15)4-8(14)10(16)17-11/h1-4H,(H2,16,17). The van der Waals surface area contributed by atoms with Gasteiger partial charge in [0.05, 0.1) is 0 Å². The Labute approximate surface area is 104 Å². The Morgan fingerprint density at radius 1 is 0.889 bits per heavy atom. The molecule has 2 nitrogen and oxygen atoms in total. The normalized spacial score (nSPS) is 10.7. The second kappa shape index (κ2) is 4.85. The highest BCUT2D eigenvalue weighted by atomic mass is 32.2. The molecule has 0 fully saturated rings. The van der Waals surface area contributed by atoms with Crippen LogP contribution in [-0.4, -0.2) is 4.98 Å². The fourth-order valence-corrected chi connectivity index (χ4v) is 2.01. The summed E-state index contributed by atoms with van der Waals surface area (Å²) in [5, 5.41) is -0.208.